The zero-order valence-corrected chi connectivity index (χ0v) is 9.77. The van der Waals surface area contributed by atoms with Crippen molar-refractivity contribution in [3.8, 4) is 0 Å². The smallest absolute Gasteiger partial charge is 0.748 e. The maximum atomic E-state index is 10.1. The number of hydrogen-bond donors (Lipinski definition) is 1. The molecule has 0 aliphatic rings. The molecule has 12 heavy (non-hydrogen) atoms. The van der Waals surface area contributed by atoms with Crippen LogP contribution in [0.5, 0.6) is 0 Å². The van der Waals surface area contributed by atoms with Crippen molar-refractivity contribution in [3.63, 3.8) is 0 Å². The summed E-state index contributed by atoms with van der Waals surface area (Å²) in [5.74, 6) is -0.893. The van der Waals surface area contributed by atoms with Gasteiger partial charge < -0.3 is 15.3 Å². The standard InChI is InChI=1S/C4H9NO4S.Na.H2O/c1-4(6)5-2-3-10(7,8)9;;/h2-3H2,1H3,(H,5,6)(H,7,8,9);;1H2/q;+1;/p-1. The third-order valence-corrected chi connectivity index (χ3v) is 1.43. The molecule has 0 aromatic heterocycles. The van der Waals surface area contributed by atoms with Crippen LogP contribution in [0.2, 0.25) is 0 Å². The second-order valence-corrected chi connectivity index (χ2v) is 3.27. The Morgan fingerprint density at radius 3 is 2.17 bits per heavy atom. The van der Waals surface area contributed by atoms with Gasteiger partial charge in [0.25, 0.3) is 0 Å². The third kappa shape index (κ3) is 16.7. The van der Waals surface area contributed by atoms with Crippen molar-refractivity contribution < 1.29 is 52.8 Å². The number of rotatable bonds is 3. The summed E-state index contributed by atoms with van der Waals surface area (Å²) >= 11 is 0. The van der Waals surface area contributed by atoms with Gasteiger partial charge in [-0.15, -0.1) is 0 Å². The summed E-state index contributed by atoms with van der Waals surface area (Å²) in [5, 5.41) is 2.18. The van der Waals surface area contributed by atoms with Gasteiger partial charge in [-0.1, -0.05) is 0 Å². The zero-order chi connectivity index (χ0) is 8.20. The van der Waals surface area contributed by atoms with E-state index in [0.29, 0.717) is 0 Å². The summed E-state index contributed by atoms with van der Waals surface area (Å²) in [4.78, 5) is 10.1. The summed E-state index contributed by atoms with van der Waals surface area (Å²) in [6.45, 7) is 1.14. The van der Waals surface area contributed by atoms with Crippen LogP contribution in [-0.4, -0.2) is 36.7 Å². The van der Waals surface area contributed by atoms with Crippen LogP contribution >= 0.6 is 0 Å². The Bertz CT molecular complexity index is 213. The molecular formula is C4H10NNaO5S. The first-order valence-corrected chi connectivity index (χ1v) is 4.17. The van der Waals surface area contributed by atoms with E-state index in [2.05, 4.69) is 5.32 Å². The molecule has 0 spiro atoms. The number of carbonyl (C=O) groups excluding carboxylic acids is 1. The summed E-state index contributed by atoms with van der Waals surface area (Å²) < 4.78 is 29.7. The van der Waals surface area contributed by atoms with Crippen molar-refractivity contribution in [1.82, 2.24) is 5.32 Å². The van der Waals surface area contributed by atoms with Crippen LogP contribution in [0.4, 0.5) is 0 Å². The molecule has 0 aromatic carbocycles. The minimum atomic E-state index is -4.18. The number of amides is 1. The van der Waals surface area contributed by atoms with Gasteiger partial charge in [0, 0.05) is 13.5 Å². The van der Waals surface area contributed by atoms with E-state index >= 15 is 0 Å². The van der Waals surface area contributed by atoms with E-state index in [-0.39, 0.29) is 47.5 Å². The molecule has 68 valence electrons. The molecule has 8 heteroatoms. The largest absolute Gasteiger partial charge is 1.00 e. The zero-order valence-electron chi connectivity index (χ0n) is 6.96. The molecule has 0 saturated heterocycles. The molecule has 0 fully saturated rings. The van der Waals surface area contributed by atoms with Gasteiger partial charge in [0.1, 0.15) is 0 Å². The minimum Gasteiger partial charge on any atom is -0.748 e. The molecule has 0 atom stereocenters. The van der Waals surface area contributed by atoms with E-state index in [9.17, 15) is 17.8 Å². The molecule has 0 radical (unpaired) electrons. The Hall–Kier alpha value is 0.340. The molecule has 0 bridgehead atoms. The summed E-state index contributed by atoms with van der Waals surface area (Å²) in [5.41, 5.74) is 0. The van der Waals surface area contributed by atoms with Gasteiger partial charge in [-0.2, -0.15) is 0 Å². The van der Waals surface area contributed by atoms with E-state index < -0.39 is 15.9 Å². The van der Waals surface area contributed by atoms with Gasteiger partial charge in [-0.25, -0.2) is 8.42 Å². The first-order chi connectivity index (χ1) is 4.42. The number of nitrogens with one attached hydrogen (secondary N) is 1. The second-order valence-electron chi connectivity index (χ2n) is 1.74. The van der Waals surface area contributed by atoms with Crippen molar-refractivity contribution in [2.75, 3.05) is 12.3 Å². The Balaban J connectivity index is -0.000000405. The van der Waals surface area contributed by atoms with E-state index in [4.69, 9.17) is 0 Å². The van der Waals surface area contributed by atoms with Crippen LogP contribution in [0.25, 0.3) is 0 Å². The molecule has 0 aliphatic carbocycles. The monoisotopic (exact) mass is 207 g/mol. The Morgan fingerprint density at radius 2 is 1.92 bits per heavy atom. The van der Waals surface area contributed by atoms with Crippen molar-refractivity contribution in [3.05, 3.63) is 0 Å². The second kappa shape index (κ2) is 7.96. The van der Waals surface area contributed by atoms with E-state index in [1.54, 1.807) is 0 Å². The normalized spacial score (nSPS) is 9.17. The fourth-order valence-electron chi connectivity index (χ4n) is 0.352. The third-order valence-electron chi connectivity index (χ3n) is 0.726. The average Bonchev–Trinajstić information content (AvgIpc) is 1.59. The Morgan fingerprint density at radius 1 is 1.50 bits per heavy atom. The van der Waals surface area contributed by atoms with E-state index in [0.717, 1.165) is 0 Å². The predicted octanol–water partition coefficient (Wildman–Crippen LogP) is -5.15. The van der Waals surface area contributed by atoms with Crippen molar-refractivity contribution in [2.45, 2.75) is 6.92 Å². The molecule has 0 heterocycles. The topological polar surface area (TPSA) is 118 Å². The van der Waals surface area contributed by atoms with Gasteiger partial charge in [-0.3, -0.25) is 4.79 Å². The molecule has 0 aromatic rings. The minimum absolute atomic E-state index is 0. The van der Waals surface area contributed by atoms with Crippen LogP contribution in [0, 0.1) is 0 Å². The van der Waals surface area contributed by atoms with Gasteiger partial charge in [0.2, 0.25) is 5.91 Å². The fraction of sp³-hybridized carbons (Fsp3) is 0.750. The van der Waals surface area contributed by atoms with E-state index in [1.807, 2.05) is 0 Å². The maximum Gasteiger partial charge on any atom is 1.00 e. The average molecular weight is 207 g/mol. The van der Waals surface area contributed by atoms with Crippen LogP contribution < -0.4 is 34.9 Å². The fourth-order valence-corrected chi connectivity index (χ4v) is 0.704. The van der Waals surface area contributed by atoms with Crippen LogP contribution in [0.3, 0.4) is 0 Å². The molecule has 0 rings (SSSR count). The predicted molar refractivity (Wildman–Crippen MR) is 36.9 cm³/mol. The molecule has 6 nitrogen and oxygen atoms in total. The van der Waals surface area contributed by atoms with Gasteiger partial charge in [0.15, 0.2) is 0 Å². The van der Waals surface area contributed by atoms with Crippen LogP contribution in [-0.2, 0) is 14.9 Å². The maximum absolute atomic E-state index is 10.1. The van der Waals surface area contributed by atoms with Crippen LogP contribution in [0.15, 0.2) is 0 Å². The van der Waals surface area contributed by atoms with E-state index in [1.165, 1.54) is 6.92 Å². The first kappa shape index (κ1) is 18.2. The number of carbonyl (C=O) groups is 1. The Labute approximate surface area is 93.1 Å². The van der Waals surface area contributed by atoms with Gasteiger partial charge in [-0.05, 0) is 0 Å². The molecule has 0 saturated carbocycles. The molecule has 3 N–H and O–H groups in total. The van der Waals surface area contributed by atoms with Crippen molar-refractivity contribution in [2.24, 2.45) is 0 Å². The quantitative estimate of drug-likeness (QED) is 0.367. The van der Waals surface area contributed by atoms with Crippen molar-refractivity contribution >= 4 is 16.0 Å². The SMILES string of the molecule is CC(=O)NCCS(=O)(=O)[O-].O.[Na+]. The summed E-state index contributed by atoms with van der Waals surface area (Å²) in [7, 11) is -4.18. The summed E-state index contributed by atoms with van der Waals surface area (Å²) in [6.07, 6.45) is 0. The molecular weight excluding hydrogens is 197 g/mol. The van der Waals surface area contributed by atoms with Gasteiger partial charge >= 0.3 is 29.6 Å². The molecule has 0 unspecified atom stereocenters. The molecule has 0 aliphatic heterocycles. The number of hydrogen-bond acceptors (Lipinski definition) is 4. The Kier molecular flexibility index (Phi) is 12.1. The van der Waals surface area contributed by atoms with Gasteiger partial charge in [0.05, 0.1) is 15.9 Å². The van der Waals surface area contributed by atoms with Crippen LogP contribution in [0.1, 0.15) is 6.92 Å². The summed E-state index contributed by atoms with van der Waals surface area (Å²) in [6, 6.07) is 0. The van der Waals surface area contributed by atoms with Crippen molar-refractivity contribution in [1.29, 1.82) is 0 Å². The first-order valence-electron chi connectivity index (χ1n) is 2.60. The molecule has 1 amide bonds.